The highest BCUT2D eigenvalue weighted by Crippen LogP contribution is 2.23. The summed E-state index contributed by atoms with van der Waals surface area (Å²) in [7, 11) is 1.66. The molecule has 0 radical (unpaired) electrons. The summed E-state index contributed by atoms with van der Waals surface area (Å²) in [6.45, 7) is 2.10. The fourth-order valence-corrected chi connectivity index (χ4v) is 1.63. The maximum absolute atomic E-state index is 5.13. The molecule has 0 aliphatic heterocycles. The molecule has 2 aromatic rings. The van der Waals surface area contributed by atoms with Crippen LogP contribution in [0.15, 0.2) is 36.8 Å². The molecular weight excluding hydrogens is 200 g/mol. The zero-order chi connectivity index (χ0) is 11.4. The Hall–Kier alpha value is -1.90. The lowest BCUT2D eigenvalue weighted by atomic mass is 10.1. The van der Waals surface area contributed by atoms with Gasteiger partial charge in [-0.15, -0.1) is 0 Å². The molecule has 0 spiro atoms. The second kappa shape index (κ2) is 4.75. The Bertz CT molecular complexity index is 466. The molecule has 0 aliphatic carbocycles. The van der Waals surface area contributed by atoms with Crippen molar-refractivity contribution in [2.75, 3.05) is 7.11 Å². The molecule has 0 saturated carbocycles. The van der Waals surface area contributed by atoms with E-state index in [4.69, 9.17) is 4.74 Å². The standard InChI is InChI=1S/C13H14N2O/c1-3-10-8-14-9-15-13(10)11-4-6-12(16-2)7-5-11/h4-9H,3H2,1-2H3. The first-order valence-electron chi connectivity index (χ1n) is 5.28. The van der Waals surface area contributed by atoms with Crippen LogP contribution in [-0.4, -0.2) is 17.1 Å². The minimum absolute atomic E-state index is 0.857. The van der Waals surface area contributed by atoms with E-state index in [-0.39, 0.29) is 0 Å². The van der Waals surface area contributed by atoms with E-state index in [1.54, 1.807) is 13.4 Å². The third-order valence-electron chi connectivity index (χ3n) is 2.53. The largest absolute Gasteiger partial charge is 0.497 e. The Balaban J connectivity index is 2.42. The molecule has 0 bridgehead atoms. The predicted octanol–water partition coefficient (Wildman–Crippen LogP) is 2.71. The van der Waals surface area contributed by atoms with Gasteiger partial charge in [-0.1, -0.05) is 6.92 Å². The quantitative estimate of drug-likeness (QED) is 0.788. The summed E-state index contributed by atoms with van der Waals surface area (Å²) in [4.78, 5) is 8.36. The molecule has 1 heterocycles. The number of nitrogens with zero attached hydrogens (tertiary/aromatic N) is 2. The summed E-state index contributed by atoms with van der Waals surface area (Å²) >= 11 is 0. The van der Waals surface area contributed by atoms with E-state index < -0.39 is 0 Å². The number of hydrogen-bond donors (Lipinski definition) is 0. The zero-order valence-electron chi connectivity index (χ0n) is 9.47. The molecule has 0 unspecified atom stereocenters. The highest BCUT2D eigenvalue weighted by molar-refractivity contribution is 5.63. The van der Waals surface area contributed by atoms with Crippen molar-refractivity contribution in [2.24, 2.45) is 0 Å². The number of aryl methyl sites for hydroxylation is 1. The van der Waals surface area contributed by atoms with E-state index in [2.05, 4.69) is 16.9 Å². The molecule has 0 saturated heterocycles. The Morgan fingerprint density at radius 2 is 1.94 bits per heavy atom. The van der Waals surface area contributed by atoms with Crippen LogP contribution < -0.4 is 4.74 Å². The second-order valence-electron chi connectivity index (χ2n) is 3.48. The van der Waals surface area contributed by atoms with Crippen LogP contribution in [0.5, 0.6) is 5.75 Å². The van der Waals surface area contributed by atoms with Gasteiger partial charge in [0, 0.05) is 11.8 Å². The number of benzene rings is 1. The first-order valence-corrected chi connectivity index (χ1v) is 5.28. The summed E-state index contributed by atoms with van der Waals surface area (Å²) in [5.41, 5.74) is 3.26. The van der Waals surface area contributed by atoms with Crippen molar-refractivity contribution < 1.29 is 4.74 Å². The zero-order valence-corrected chi connectivity index (χ0v) is 9.47. The normalized spacial score (nSPS) is 10.1. The van der Waals surface area contributed by atoms with E-state index in [9.17, 15) is 0 Å². The smallest absolute Gasteiger partial charge is 0.118 e. The Kier molecular flexibility index (Phi) is 3.15. The van der Waals surface area contributed by atoms with Crippen LogP contribution in [0.1, 0.15) is 12.5 Å². The van der Waals surface area contributed by atoms with Crippen LogP contribution >= 0.6 is 0 Å². The van der Waals surface area contributed by atoms with Crippen LogP contribution in [0.3, 0.4) is 0 Å². The lowest BCUT2D eigenvalue weighted by Crippen LogP contribution is -1.93. The molecule has 0 aliphatic rings. The molecule has 3 heteroatoms. The fraction of sp³-hybridized carbons (Fsp3) is 0.231. The summed E-state index contributed by atoms with van der Waals surface area (Å²) < 4.78 is 5.13. The van der Waals surface area contributed by atoms with Gasteiger partial charge in [0.1, 0.15) is 12.1 Å². The van der Waals surface area contributed by atoms with Crippen molar-refractivity contribution in [3.8, 4) is 17.0 Å². The minimum atomic E-state index is 0.857. The van der Waals surface area contributed by atoms with Crippen molar-refractivity contribution >= 4 is 0 Å². The van der Waals surface area contributed by atoms with Crippen LogP contribution in [-0.2, 0) is 6.42 Å². The number of hydrogen-bond acceptors (Lipinski definition) is 3. The Morgan fingerprint density at radius 1 is 1.19 bits per heavy atom. The fourth-order valence-electron chi connectivity index (χ4n) is 1.63. The van der Waals surface area contributed by atoms with Crippen LogP contribution in [0.25, 0.3) is 11.3 Å². The van der Waals surface area contributed by atoms with E-state index in [1.807, 2.05) is 30.5 Å². The van der Waals surface area contributed by atoms with E-state index >= 15 is 0 Å². The summed E-state index contributed by atoms with van der Waals surface area (Å²) in [5, 5.41) is 0. The van der Waals surface area contributed by atoms with Crippen LogP contribution in [0, 0.1) is 0 Å². The van der Waals surface area contributed by atoms with Gasteiger partial charge in [0.05, 0.1) is 12.8 Å². The molecule has 2 rings (SSSR count). The highest BCUT2D eigenvalue weighted by atomic mass is 16.5. The van der Waals surface area contributed by atoms with Crippen molar-refractivity contribution in [3.05, 3.63) is 42.4 Å². The van der Waals surface area contributed by atoms with Crippen molar-refractivity contribution in [1.29, 1.82) is 0 Å². The van der Waals surface area contributed by atoms with E-state index in [0.717, 1.165) is 29.0 Å². The SMILES string of the molecule is CCc1cncnc1-c1ccc(OC)cc1. The van der Waals surface area contributed by atoms with Gasteiger partial charge in [0.2, 0.25) is 0 Å². The van der Waals surface area contributed by atoms with Crippen LogP contribution in [0.2, 0.25) is 0 Å². The molecule has 16 heavy (non-hydrogen) atoms. The van der Waals surface area contributed by atoms with E-state index in [0.29, 0.717) is 0 Å². The molecule has 3 nitrogen and oxygen atoms in total. The second-order valence-corrected chi connectivity index (χ2v) is 3.48. The predicted molar refractivity (Wildman–Crippen MR) is 63.4 cm³/mol. The van der Waals surface area contributed by atoms with Crippen molar-refractivity contribution in [2.45, 2.75) is 13.3 Å². The summed E-state index contributed by atoms with van der Waals surface area (Å²) in [6.07, 6.45) is 4.38. The monoisotopic (exact) mass is 214 g/mol. The van der Waals surface area contributed by atoms with Gasteiger partial charge >= 0.3 is 0 Å². The third-order valence-corrected chi connectivity index (χ3v) is 2.53. The van der Waals surface area contributed by atoms with Crippen LogP contribution in [0.4, 0.5) is 0 Å². The first kappa shape index (κ1) is 10.6. The molecule has 1 aromatic heterocycles. The Labute approximate surface area is 95.1 Å². The number of methoxy groups -OCH3 is 1. The lowest BCUT2D eigenvalue weighted by molar-refractivity contribution is 0.415. The van der Waals surface area contributed by atoms with Gasteiger partial charge in [-0.2, -0.15) is 0 Å². The number of aromatic nitrogens is 2. The van der Waals surface area contributed by atoms with Gasteiger partial charge < -0.3 is 4.74 Å². The Morgan fingerprint density at radius 3 is 2.56 bits per heavy atom. The number of ether oxygens (including phenoxy) is 1. The molecule has 0 N–H and O–H groups in total. The maximum atomic E-state index is 5.13. The first-order chi connectivity index (χ1) is 7.85. The average molecular weight is 214 g/mol. The maximum Gasteiger partial charge on any atom is 0.118 e. The molecule has 0 amide bonds. The lowest BCUT2D eigenvalue weighted by Gasteiger charge is -2.06. The molecule has 1 aromatic carbocycles. The summed E-state index contributed by atoms with van der Waals surface area (Å²) in [6, 6.07) is 7.91. The van der Waals surface area contributed by atoms with Gasteiger partial charge in [-0.05, 0) is 36.2 Å². The van der Waals surface area contributed by atoms with Gasteiger partial charge in [0.25, 0.3) is 0 Å². The van der Waals surface area contributed by atoms with Crippen molar-refractivity contribution in [3.63, 3.8) is 0 Å². The van der Waals surface area contributed by atoms with Gasteiger partial charge in [0.15, 0.2) is 0 Å². The van der Waals surface area contributed by atoms with Crippen molar-refractivity contribution in [1.82, 2.24) is 9.97 Å². The molecule has 82 valence electrons. The third kappa shape index (κ3) is 2.03. The minimum Gasteiger partial charge on any atom is -0.497 e. The summed E-state index contributed by atoms with van der Waals surface area (Å²) in [5.74, 6) is 0.857. The molecular formula is C13H14N2O. The average Bonchev–Trinajstić information content (AvgIpc) is 2.39. The van der Waals surface area contributed by atoms with Gasteiger partial charge in [-0.3, -0.25) is 0 Å². The molecule has 0 fully saturated rings. The van der Waals surface area contributed by atoms with E-state index in [1.165, 1.54) is 0 Å². The van der Waals surface area contributed by atoms with Gasteiger partial charge in [-0.25, -0.2) is 9.97 Å². The molecule has 0 atom stereocenters. The topological polar surface area (TPSA) is 35.0 Å². The number of rotatable bonds is 3. The highest BCUT2D eigenvalue weighted by Gasteiger charge is 2.04.